The highest BCUT2D eigenvalue weighted by atomic mass is 15.2. The third-order valence-electron chi connectivity index (χ3n) is 2.07. The summed E-state index contributed by atoms with van der Waals surface area (Å²) in [5.74, 6) is 1.34. The molecular weight excluding hydrogens is 164 g/mol. The fraction of sp³-hybridized carbons (Fsp3) is 0.444. The number of hydrogen-bond donors (Lipinski definition) is 0. The Morgan fingerprint density at radius 1 is 1.31 bits per heavy atom. The van der Waals surface area contributed by atoms with Crippen molar-refractivity contribution < 1.29 is 0 Å². The Morgan fingerprint density at radius 3 is 2.77 bits per heavy atom. The lowest BCUT2D eigenvalue weighted by Gasteiger charge is -2.03. The van der Waals surface area contributed by atoms with E-state index in [-0.39, 0.29) is 0 Å². The van der Waals surface area contributed by atoms with E-state index in [1.54, 1.807) is 6.20 Å². The SMILES string of the molecule is Cc1nnc2cnc(C(C)C)cn12. The molecule has 0 aliphatic carbocycles. The Kier molecular flexibility index (Phi) is 1.76. The second-order valence-electron chi connectivity index (χ2n) is 3.44. The molecule has 4 heteroatoms. The molecule has 0 N–H and O–H groups in total. The molecule has 0 fully saturated rings. The molecule has 0 aliphatic rings. The third kappa shape index (κ3) is 1.28. The molecule has 0 aliphatic heterocycles. The fourth-order valence-electron chi connectivity index (χ4n) is 1.23. The van der Waals surface area contributed by atoms with Gasteiger partial charge in [-0.2, -0.15) is 0 Å². The van der Waals surface area contributed by atoms with Crippen LogP contribution in [0.15, 0.2) is 12.4 Å². The normalized spacial score (nSPS) is 11.4. The van der Waals surface area contributed by atoms with Crippen molar-refractivity contribution in [2.45, 2.75) is 26.7 Å². The van der Waals surface area contributed by atoms with Crippen molar-refractivity contribution in [3.63, 3.8) is 0 Å². The van der Waals surface area contributed by atoms with E-state index in [1.807, 2.05) is 17.5 Å². The van der Waals surface area contributed by atoms with Crippen molar-refractivity contribution >= 4 is 5.65 Å². The van der Waals surface area contributed by atoms with Gasteiger partial charge in [-0.05, 0) is 12.8 Å². The first-order valence-corrected chi connectivity index (χ1v) is 4.36. The molecule has 68 valence electrons. The first-order valence-electron chi connectivity index (χ1n) is 4.36. The zero-order chi connectivity index (χ0) is 9.42. The molecule has 0 saturated heterocycles. The predicted octanol–water partition coefficient (Wildman–Crippen LogP) is 1.56. The summed E-state index contributed by atoms with van der Waals surface area (Å²) in [4.78, 5) is 4.30. The summed E-state index contributed by atoms with van der Waals surface area (Å²) < 4.78 is 1.96. The molecule has 13 heavy (non-hydrogen) atoms. The minimum atomic E-state index is 0.436. The molecule has 2 aromatic rings. The summed E-state index contributed by atoms with van der Waals surface area (Å²) in [5.41, 5.74) is 1.87. The van der Waals surface area contributed by atoms with Crippen LogP contribution >= 0.6 is 0 Å². The Bertz CT molecular complexity index is 430. The van der Waals surface area contributed by atoms with Crippen LogP contribution in [0.3, 0.4) is 0 Å². The molecule has 0 spiro atoms. The van der Waals surface area contributed by atoms with Gasteiger partial charge in [-0.25, -0.2) is 0 Å². The molecule has 0 saturated carbocycles. The van der Waals surface area contributed by atoms with E-state index in [9.17, 15) is 0 Å². The van der Waals surface area contributed by atoms with E-state index in [2.05, 4.69) is 29.0 Å². The van der Waals surface area contributed by atoms with E-state index < -0.39 is 0 Å². The minimum Gasteiger partial charge on any atom is -0.284 e. The summed E-state index contributed by atoms with van der Waals surface area (Å²) in [5, 5.41) is 7.94. The van der Waals surface area contributed by atoms with Gasteiger partial charge in [0.15, 0.2) is 5.65 Å². The van der Waals surface area contributed by atoms with Gasteiger partial charge in [0.25, 0.3) is 0 Å². The summed E-state index contributed by atoms with van der Waals surface area (Å²) in [6.07, 6.45) is 3.75. The van der Waals surface area contributed by atoms with Crippen LogP contribution in [0.5, 0.6) is 0 Å². The maximum Gasteiger partial charge on any atom is 0.179 e. The number of hydrogen-bond acceptors (Lipinski definition) is 3. The summed E-state index contributed by atoms with van der Waals surface area (Å²) in [7, 11) is 0. The van der Waals surface area contributed by atoms with Crippen LogP contribution in [0.25, 0.3) is 5.65 Å². The number of rotatable bonds is 1. The van der Waals surface area contributed by atoms with Crippen LogP contribution in [-0.4, -0.2) is 19.6 Å². The highest BCUT2D eigenvalue weighted by Gasteiger charge is 2.04. The van der Waals surface area contributed by atoms with Gasteiger partial charge >= 0.3 is 0 Å². The van der Waals surface area contributed by atoms with Crippen LogP contribution in [0.2, 0.25) is 0 Å². The van der Waals surface area contributed by atoms with E-state index in [0.717, 1.165) is 17.2 Å². The van der Waals surface area contributed by atoms with Crippen LogP contribution < -0.4 is 0 Å². The van der Waals surface area contributed by atoms with Gasteiger partial charge in [-0.3, -0.25) is 9.38 Å². The largest absolute Gasteiger partial charge is 0.284 e. The summed E-state index contributed by atoms with van der Waals surface area (Å²) in [6, 6.07) is 0. The average Bonchev–Trinajstić information content (AvgIpc) is 2.47. The van der Waals surface area contributed by atoms with Gasteiger partial charge in [-0.15, -0.1) is 10.2 Å². The first kappa shape index (κ1) is 8.16. The molecule has 0 aromatic carbocycles. The first-order chi connectivity index (χ1) is 6.18. The smallest absolute Gasteiger partial charge is 0.179 e. The van der Waals surface area contributed by atoms with E-state index in [1.165, 1.54) is 0 Å². The standard InChI is InChI=1S/C9H12N4/c1-6(2)8-5-13-7(3)11-12-9(13)4-10-8/h4-6H,1-3H3. The molecule has 2 aromatic heterocycles. The lowest BCUT2D eigenvalue weighted by molar-refractivity contribution is 0.804. The monoisotopic (exact) mass is 176 g/mol. The van der Waals surface area contributed by atoms with Gasteiger partial charge < -0.3 is 0 Å². The molecule has 2 rings (SSSR count). The molecule has 4 nitrogen and oxygen atoms in total. The molecule has 0 amide bonds. The quantitative estimate of drug-likeness (QED) is 0.662. The zero-order valence-electron chi connectivity index (χ0n) is 8.02. The van der Waals surface area contributed by atoms with Gasteiger partial charge in [0.1, 0.15) is 5.82 Å². The number of aryl methyl sites for hydroxylation is 1. The van der Waals surface area contributed by atoms with E-state index in [0.29, 0.717) is 5.92 Å². The fourth-order valence-corrected chi connectivity index (χ4v) is 1.23. The Labute approximate surface area is 76.6 Å². The molecule has 2 heterocycles. The number of fused-ring (bicyclic) bond motifs is 1. The maximum atomic E-state index is 4.30. The highest BCUT2D eigenvalue weighted by molar-refractivity contribution is 5.35. The number of aromatic nitrogens is 4. The number of nitrogens with zero attached hydrogens (tertiary/aromatic N) is 4. The lowest BCUT2D eigenvalue weighted by atomic mass is 10.1. The van der Waals surface area contributed by atoms with Crippen molar-refractivity contribution in [3.05, 3.63) is 23.9 Å². The van der Waals surface area contributed by atoms with Crippen molar-refractivity contribution in [3.8, 4) is 0 Å². The predicted molar refractivity (Wildman–Crippen MR) is 49.6 cm³/mol. The zero-order valence-corrected chi connectivity index (χ0v) is 8.02. The van der Waals surface area contributed by atoms with Crippen LogP contribution in [-0.2, 0) is 0 Å². The topological polar surface area (TPSA) is 43.1 Å². The Hall–Kier alpha value is -1.45. The van der Waals surface area contributed by atoms with Crippen LogP contribution in [0.1, 0.15) is 31.3 Å². The molecular formula is C9H12N4. The van der Waals surface area contributed by atoms with Gasteiger partial charge in [0.2, 0.25) is 0 Å². The average molecular weight is 176 g/mol. The van der Waals surface area contributed by atoms with E-state index >= 15 is 0 Å². The maximum absolute atomic E-state index is 4.30. The molecule has 0 unspecified atom stereocenters. The molecule has 0 bridgehead atoms. The van der Waals surface area contributed by atoms with E-state index in [4.69, 9.17) is 0 Å². The second kappa shape index (κ2) is 2.80. The van der Waals surface area contributed by atoms with Gasteiger partial charge in [0.05, 0.1) is 11.9 Å². The van der Waals surface area contributed by atoms with Gasteiger partial charge in [-0.1, -0.05) is 13.8 Å². The summed E-state index contributed by atoms with van der Waals surface area (Å²) in [6.45, 7) is 6.17. The van der Waals surface area contributed by atoms with Crippen molar-refractivity contribution in [1.82, 2.24) is 19.6 Å². The second-order valence-corrected chi connectivity index (χ2v) is 3.44. The van der Waals surface area contributed by atoms with Crippen molar-refractivity contribution in [1.29, 1.82) is 0 Å². The third-order valence-corrected chi connectivity index (χ3v) is 2.07. The van der Waals surface area contributed by atoms with Gasteiger partial charge in [0, 0.05) is 6.20 Å². The highest BCUT2D eigenvalue weighted by Crippen LogP contribution is 2.11. The minimum absolute atomic E-state index is 0.436. The Balaban J connectivity index is 2.66. The van der Waals surface area contributed by atoms with Crippen molar-refractivity contribution in [2.24, 2.45) is 0 Å². The molecule has 0 atom stereocenters. The molecule has 0 radical (unpaired) electrons. The Morgan fingerprint density at radius 2 is 2.08 bits per heavy atom. The van der Waals surface area contributed by atoms with Crippen LogP contribution in [0, 0.1) is 6.92 Å². The van der Waals surface area contributed by atoms with Crippen molar-refractivity contribution in [2.75, 3.05) is 0 Å². The lowest BCUT2D eigenvalue weighted by Crippen LogP contribution is -1.97. The van der Waals surface area contributed by atoms with Crippen LogP contribution in [0.4, 0.5) is 0 Å². The summed E-state index contributed by atoms with van der Waals surface area (Å²) >= 11 is 0.